The predicted molar refractivity (Wildman–Crippen MR) is 95.7 cm³/mol. The van der Waals surface area contributed by atoms with Gasteiger partial charge >= 0.3 is 0 Å². The molecule has 1 aromatic rings. The van der Waals surface area contributed by atoms with Crippen LogP contribution in [0.3, 0.4) is 0 Å². The van der Waals surface area contributed by atoms with Crippen molar-refractivity contribution in [3.63, 3.8) is 0 Å². The number of thiazole rings is 1. The minimum atomic E-state index is 0. The van der Waals surface area contributed by atoms with Crippen molar-refractivity contribution < 1.29 is 4.79 Å². The first-order chi connectivity index (χ1) is 9.84. The summed E-state index contributed by atoms with van der Waals surface area (Å²) in [6.07, 6.45) is 6.23. The number of carbonyl (C=O) groups excluding carboxylic acids is 1. The second kappa shape index (κ2) is 9.55. The van der Waals surface area contributed by atoms with Crippen LogP contribution in [0.2, 0.25) is 0 Å². The molecule has 0 radical (unpaired) electrons. The summed E-state index contributed by atoms with van der Waals surface area (Å²) in [5, 5.41) is 6.45. The molecule has 2 aliphatic heterocycles. The molecule has 2 fully saturated rings. The number of piperidine rings is 1. The average molecular weight is 367 g/mol. The molecule has 22 heavy (non-hydrogen) atoms. The van der Waals surface area contributed by atoms with E-state index in [2.05, 4.69) is 15.2 Å². The summed E-state index contributed by atoms with van der Waals surface area (Å²) in [6.45, 7) is 4.56. The highest BCUT2D eigenvalue weighted by Gasteiger charge is 2.27. The summed E-state index contributed by atoms with van der Waals surface area (Å²) in [5.74, 6) is 0.297. The van der Waals surface area contributed by atoms with Crippen LogP contribution in [-0.2, 0) is 4.79 Å². The summed E-state index contributed by atoms with van der Waals surface area (Å²) in [7, 11) is 0. The number of anilines is 1. The van der Waals surface area contributed by atoms with Crippen LogP contribution in [-0.4, -0.2) is 54.6 Å². The van der Waals surface area contributed by atoms with Crippen LogP contribution >= 0.6 is 36.2 Å². The number of amides is 1. The monoisotopic (exact) mass is 366 g/mol. The van der Waals surface area contributed by atoms with Crippen molar-refractivity contribution in [3.05, 3.63) is 11.6 Å². The van der Waals surface area contributed by atoms with Crippen LogP contribution in [0.1, 0.15) is 25.7 Å². The van der Waals surface area contributed by atoms with Crippen LogP contribution in [0.4, 0.5) is 5.13 Å². The van der Waals surface area contributed by atoms with Crippen molar-refractivity contribution in [1.29, 1.82) is 0 Å². The first-order valence-electron chi connectivity index (χ1n) is 7.51. The van der Waals surface area contributed by atoms with Gasteiger partial charge in [-0.05, 0) is 25.8 Å². The van der Waals surface area contributed by atoms with E-state index in [1.807, 2.05) is 16.5 Å². The third kappa shape index (κ3) is 4.72. The molecule has 3 heterocycles. The highest BCUT2D eigenvalue weighted by Crippen LogP contribution is 2.19. The van der Waals surface area contributed by atoms with Crippen molar-refractivity contribution in [2.75, 3.05) is 37.6 Å². The number of aromatic nitrogens is 1. The smallest absolute Gasteiger partial charge is 0.239 e. The van der Waals surface area contributed by atoms with Crippen molar-refractivity contribution in [2.45, 2.75) is 31.7 Å². The average Bonchev–Trinajstić information content (AvgIpc) is 2.92. The van der Waals surface area contributed by atoms with E-state index in [9.17, 15) is 4.79 Å². The number of nitrogens with zero attached hydrogens (tertiary/aromatic N) is 3. The normalized spacial score (nSPS) is 22.3. The maximum absolute atomic E-state index is 12.5. The lowest BCUT2D eigenvalue weighted by Crippen LogP contribution is -2.49. The van der Waals surface area contributed by atoms with E-state index in [1.165, 1.54) is 12.8 Å². The Morgan fingerprint density at radius 3 is 2.73 bits per heavy atom. The lowest BCUT2D eigenvalue weighted by molar-refractivity contribution is -0.133. The molecule has 8 heteroatoms. The molecule has 126 valence electrons. The van der Waals surface area contributed by atoms with Gasteiger partial charge in [-0.1, -0.05) is 6.42 Å². The van der Waals surface area contributed by atoms with Crippen LogP contribution in [0, 0.1) is 0 Å². The maximum Gasteiger partial charge on any atom is 0.239 e. The zero-order valence-electron chi connectivity index (χ0n) is 12.6. The number of carbonyl (C=O) groups is 1. The Balaban J connectivity index is 0.00000121. The van der Waals surface area contributed by atoms with Gasteiger partial charge in [-0.3, -0.25) is 4.79 Å². The van der Waals surface area contributed by atoms with Gasteiger partial charge in [0.25, 0.3) is 0 Å². The molecule has 3 rings (SSSR count). The highest BCUT2D eigenvalue weighted by molar-refractivity contribution is 7.13. The van der Waals surface area contributed by atoms with Gasteiger partial charge in [-0.15, -0.1) is 36.2 Å². The molecule has 2 aliphatic rings. The van der Waals surface area contributed by atoms with Crippen LogP contribution in [0.5, 0.6) is 0 Å². The van der Waals surface area contributed by atoms with Crippen molar-refractivity contribution in [3.8, 4) is 0 Å². The fraction of sp³-hybridized carbons (Fsp3) is 0.714. The molecule has 0 bridgehead atoms. The lowest BCUT2D eigenvalue weighted by Gasteiger charge is -2.29. The Bertz CT molecular complexity index is 440. The Morgan fingerprint density at radius 1 is 1.18 bits per heavy atom. The van der Waals surface area contributed by atoms with Gasteiger partial charge in [-0.25, -0.2) is 4.98 Å². The summed E-state index contributed by atoms with van der Waals surface area (Å²) >= 11 is 1.68. The Kier molecular flexibility index (Phi) is 8.46. The standard InChI is InChI=1S/C14H22N4OS.2ClH/c19-13(12-4-1-2-5-15-12)17-7-3-8-18(10-9-17)14-16-6-11-20-14;;/h6,11-12,15H,1-5,7-10H2;2*1H/t12-;;/m1../s1. The quantitative estimate of drug-likeness (QED) is 0.871. The van der Waals surface area contributed by atoms with E-state index in [4.69, 9.17) is 0 Å². The number of nitrogens with one attached hydrogen (secondary N) is 1. The Labute approximate surface area is 148 Å². The van der Waals surface area contributed by atoms with E-state index < -0.39 is 0 Å². The van der Waals surface area contributed by atoms with Gasteiger partial charge in [0.1, 0.15) is 0 Å². The van der Waals surface area contributed by atoms with Gasteiger partial charge < -0.3 is 15.1 Å². The molecule has 1 amide bonds. The van der Waals surface area contributed by atoms with E-state index in [0.29, 0.717) is 5.91 Å². The molecule has 0 spiro atoms. The largest absolute Gasteiger partial charge is 0.346 e. The molecule has 0 saturated carbocycles. The Morgan fingerprint density at radius 2 is 2.05 bits per heavy atom. The molecule has 1 aromatic heterocycles. The van der Waals surface area contributed by atoms with E-state index in [-0.39, 0.29) is 30.9 Å². The van der Waals surface area contributed by atoms with Crippen LogP contribution in [0.25, 0.3) is 0 Å². The predicted octanol–water partition coefficient (Wildman–Crippen LogP) is 2.17. The van der Waals surface area contributed by atoms with Gasteiger partial charge in [0.15, 0.2) is 5.13 Å². The zero-order valence-corrected chi connectivity index (χ0v) is 15.0. The maximum atomic E-state index is 12.5. The summed E-state index contributed by atoms with van der Waals surface area (Å²) in [6, 6.07) is 0.0511. The molecule has 5 nitrogen and oxygen atoms in total. The van der Waals surface area contributed by atoms with Gasteiger partial charge in [0.2, 0.25) is 5.91 Å². The second-order valence-electron chi connectivity index (χ2n) is 5.48. The topological polar surface area (TPSA) is 48.5 Å². The molecule has 0 unspecified atom stereocenters. The third-order valence-corrected chi connectivity index (χ3v) is 4.94. The number of halogens is 2. The SMILES string of the molecule is Cl.Cl.O=C([C@H]1CCCCN1)N1CCCN(c2nccs2)CC1. The van der Waals surface area contributed by atoms with Crippen molar-refractivity contribution >= 4 is 47.2 Å². The number of rotatable bonds is 2. The Hall–Kier alpha value is -0.560. The summed E-state index contributed by atoms with van der Waals surface area (Å²) in [5.41, 5.74) is 0. The van der Waals surface area contributed by atoms with Gasteiger partial charge in [-0.2, -0.15) is 0 Å². The molecule has 0 aliphatic carbocycles. The fourth-order valence-corrected chi connectivity index (χ4v) is 3.68. The number of hydrogen-bond donors (Lipinski definition) is 1. The fourth-order valence-electron chi connectivity index (χ4n) is 2.98. The molecular formula is C14H24Cl2N4OS. The molecule has 0 aromatic carbocycles. The minimum Gasteiger partial charge on any atom is -0.346 e. The summed E-state index contributed by atoms with van der Waals surface area (Å²) < 4.78 is 0. The molecule has 2 saturated heterocycles. The zero-order chi connectivity index (χ0) is 13.8. The first kappa shape index (κ1) is 19.5. The number of hydrogen-bond acceptors (Lipinski definition) is 5. The molecule has 1 N–H and O–H groups in total. The lowest BCUT2D eigenvalue weighted by atomic mass is 10.0. The van der Waals surface area contributed by atoms with E-state index in [1.54, 1.807) is 11.3 Å². The first-order valence-corrected chi connectivity index (χ1v) is 8.39. The summed E-state index contributed by atoms with van der Waals surface area (Å²) in [4.78, 5) is 21.2. The van der Waals surface area contributed by atoms with Gasteiger partial charge in [0, 0.05) is 37.8 Å². The third-order valence-electron chi connectivity index (χ3n) is 4.11. The van der Waals surface area contributed by atoms with E-state index >= 15 is 0 Å². The molecule has 1 atom stereocenters. The second-order valence-corrected chi connectivity index (χ2v) is 6.36. The van der Waals surface area contributed by atoms with Gasteiger partial charge in [0.05, 0.1) is 6.04 Å². The van der Waals surface area contributed by atoms with Crippen LogP contribution < -0.4 is 10.2 Å². The van der Waals surface area contributed by atoms with Crippen LogP contribution in [0.15, 0.2) is 11.6 Å². The van der Waals surface area contributed by atoms with Crippen molar-refractivity contribution in [2.24, 2.45) is 0 Å². The minimum absolute atomic E-state index is 0. The van der Waals surface area contributed by atoms with E-state index in [0.717, 1.165) is 50.7 Å². The highest BCUT2D eigenvalue weighted by atomic mass is 35.5. The molecular weight excluding hydrogens is 343 g/mol. The van der Waals surface area contributed by atoms with Crippen molar-refractivity contribution in [1.82, 2.24) is 15.2 Å².